The van der Waals surface area contributed by atoms with Gasteiger partial charge < -0.3 is 5.32 Å². The van der Waals surface area contributed by atoms with Crippen molar-refractivity contribution in [3.05, 3.63) is 64.8 Å². The molecule has 0 aliphatic heterocycles. The number of rotatable bonds is 3. The molecule has 3 rings (SSSR count). The lowest BCUT2D eigenvalue weighted by molar-refractivity contribution is 0.983. The first kappa shape index (κ1) is 12.9. The molecule has 0 amide bonds. The number of aryl methyl sites for hydroxylation is 1. The first-order valence-corrected chi connectivity index (χ1v) is 6.83. The third-order valence-electron chi connectivity index (χ3n) is 3.28. The van der Waals surface area contributed by atoms with E-state index >= 15 is 0 Å². The zero-order chi connectivity index (χ0) is 13.9. The Morgan fingerprint density at radius 1 is 0.950 bits per heavy atom. The fraction of sp³-hybridized carbons (Fsp3) is 0.125. The van der Waals surface area contributed by atoms with E-state index in [0.29, 0.717) is 6.54 Å². The first-order chi connectivity index (χ1) is 9.75. The van der Waals surface area contributed by atoms with Crippen molar-refractivity contribution in [2.75, 3.05) is 5.32 Å². The number of hydrogen-bond acceptors (Lipinski definition) is 3. The van der Waals surface area contributed by atoms with Gasteiger partial charge in [0.1, 0.15) is 0 Å². The van der Waals surface area contributed by atoms with Crippen LogP contribution in [0.5, 0.6) is 0 Å². The molecule has 3 nitrogen and oxygen atoms in total. The number of fused-ring (bicyclic) bond motifs is 1. The molecule has 0 aliphatic carbocycles. The lowest BCUT2D eigenvalue weighted by Gasteiger charge is -2.10. The van der Waals surface area contributed by atoms with Crippen molar-refractivity contribution in [2.45, 2.75) is 13.5 Å². The lowest BCUT2D eigenvalue weighted by atomic mass is 10.1. The second-order valence-electron chi connectivity index (χ2n) is 4.62. The van der Waals surface area contributed by atoms with Crippen molar-refractivity contribution in [3.63, 3.8) is 0 Å². The summed E-state index contributed by atoms with van der Waals surface area (Å²) in [5.41, 5.74) is 1.98. The number of aromatic nitrogens is 2. The summed E-state index contributed by atoms with van der Waals surface area (Å²) in [5, 5.41) is 14.7. The molecule has 0 atom stereocenters. The largest absolute Gasteiger partial charge is 0.364 e. The van der Waals surface area contributed by atoms with Crippen LogP contribution in [0.15, 0.2) is 48.5 Å². The van der Waals surface area contributed by atoms with Gasteiger partial charge in [-0.15, -0.1) is 5.10 Å². The summed E-state index contributed by atoms with van der Waals surface area (Å²) in [5.74, 6) is 0.783. The molecule has 20 heavy (non-hydrogen) atoms. The van der Waals surface area contributed by atoms with Crippen LogP contribution in [0, 0.1) is 6.92 Å². The average Bonchev–Trinajstić information content (AvgIpc) is 2.48. The van der Waals surface area contributed by atoms with E-state index in [2.05, 4.69) is 21.6 Å². The van der Waals surface area contributed by atoms with Gasteiger partial charge in [0, 0.05) is 22.3 Å². The molecular weight excluding hydrogens is 270 g/mol. The lowest BCUT2D eigenvalue weighted by Crippen LogP contribution is -2.04. The molecule has 1 N–H and O–H groups in total. The highest BCUT2D eigenvalue weighted by Gasteiger charge is 2.06. The Kier molecular flexibility index (Phi) is 3.52. The summed E-state index contributed by atoms with van der Waals surface area (Å²) < 4.78 is 0. The van der Waals surface area contributed by atoms with Crippen molar-refractivity contribution < 1.29 is 0 Å². The van der Waals surface area contributed by atoms with E-state index in [9.17, 15) is 0 Å². The molecule has 2 aromatic carbocycles. The maximum absolute atomic E-state index is 6.16. The van der Waals surface area contributed by atoms with E-state index in [1.165, 1.54) is 0 Å². The van der Waals surface area contributed by atoms with Crippen LogP contribution in [-0.2, 0) is 6.54 Å². The topological polar surface area (TPSA) is 37.8 Å². The van der Waals surface area contributed by atoms with Crippen LogP contribution >= 0.6 is 11.6 Å². The van der Waals surface area contributed by atoms with E-state index in [1.54, 1.807) is 0 Å². The van der Waals surface area contributed by atoms with Gasteiger partial charge in [0.2, 0.25) is 0 Å². The van der Waals surface area contributed by atoms with Gasteiger partial charge >= 0.3 is 0 Å². The van der Waals surface area contributed by atoms with Crippen LogP contribution < -0.4 is 5.32 Å². The number of nitrogens with one attached hydrogen (secondary N) is 1. The van der Waals surface area contributed by atoms with Gasteiger partial charge in [0.05, 0.1) is 5.69 Å². The summed E-state index contributed by atoms with van der Waals surface area (Å²) in [7, 11) is 0. The minimum absolute atomic E-state index is 0.626. The maximum Gasteiger partial charge on any atom is 0.156 e. The molecule has 4 heteroatoms. The van der Waals surface area contributed by atoms with Crippen molar-refractivity contribution in [1.29, 1.82) is 0 Å². The van der Waals surface area contributed by atoms with Crippen LogP contribution in [-0.4, -0.2) is 10.2 Å². The number of nitrogens with zero attached hydrogens (tertiary/aromatic N) is 2. The monoisotopic (exact) mass is 283 g/mol. The fourth-order valence-electron chi connectivity index (χ4n) is 2.19. The Morgan fingerprint density at radius 3 is 2.45 bits per heavy atom. The Hall–Kier alpha value is -2.13. The molecule has 100 valence electrons. The predicted molar refractivity (Wildman–Crippen MR) is 83.1 cm³/mol. The SMILES string of the molecule is Cc1nnc(NCc2ccccc2Cl)c2ccccc12. The molecule has 0 radical (unpaired) electrons. The molecule has 0 unspecified atom stereocenters. The molecule has 1 heterocycles. The zero-order valence-electron chi connectivity index (χ0n) is 11.1. The molecule has 0 fully saturated rings. The smallest absolute Gasteiger partial charge is 0.156 e. The first-order valence-electron chi connectivity index (χ1n) is 6.45. The van der Waals surface area contributed by atoms with E-state index in [0.717, 1.165) is 32.9 Å². The minimum Gasteiger partial charge on any atom is -0.364 e. The highest BCUT2D eigenvalue weighted by Crippen LogP contribution is 2.23. The van der Waals surface area contributed by atoms with Crippen LogP contribution in [0.25, 0.3) is 10.8 Å². The molecule has 3 aromatic rings. The molecular formula is C16H14ClN3. The Balaban J connectivity index is 1.92. The molecule has 0 bridgehead atoms. The Morgan fingerprint density at radius 2 is 1.65 bits per heavy atom. The molecule has 0 saturated heterocycles. The Labute approximate surface area is 122 Å². The number of halogens is 1. The quantitative estimate of drug-likeness (QED) is 0.783. The van der Waals surface area contributed by atoms with Crippen LogP contribution in [0.1, 0.15) is 11.3 Å². The molecule has 1 aromatic heterocycles. The Bertz CT molecular complexity index is 756. The maximum atomic E-state index is 6.16. The number of hydrogen-bond donors (Lipinski definition) is 1. The van der Waals surface area contributed by atoms with Crippen molar-refractivity contribution in [2.24, 2.45) is 0 Å². The minimum atomic E-state index is 0.626. The number of anilines is 1. The summed E-state index contributed by atoms with van der Waals surface area (Å²) in [4.78, 5) is 0. The molecule has 0 saturated carbocycles. The van der Waals surface area contributed by atoms with E-state index in [-0.39, 0.29) is 0 Å². The average molecular weight is 284 g/mol. The van der Waals surface area contributed by atoms with E-state index in [1.807, 2.05) is 49.4 Å². The van der Waals surface area contributed by atoms with Crippen LogP contribution in [0.3, 0.4) is 0 Å². The highest BCUT2D eigenvalue weighted by molar-refractivity contribution is 6.31. The van der Waals surface area contributed by atoms with Gasteiger partial charge in [0.25, 0.3) is 0 Å². The van der Waals surface area contributed by atoms with Gasteiger partial charge in [-0.25, -0.2) is 0 Å². The third kappa shape index (κ3) is 2.45. The van der Waals surface area contributed by atoms with Gasteiger partial charge in [-0.05, 0) is 18.6 Å². The molecule has 0 aliphatic rings. The van der Waals surface area contributed by atoms with Crippen molar-refractivity contribution in [3.8, 4) is 0 Å². The zero-order valence-corrected chi connectivity index (χ0v) is 11.9. The summed E-state index contributed by atoms with van der Waals surface area (Å²) in [6.45, 7) is 2.59. The second-order valence-corrected chi connectivity index (χ2v) is 5.03. The van der Waals surface area contributed by atoms with E-state index in [4.69, 9.17) is 11.6 Å². The normalized spacial score (nSPS) is 10.7. The van der Waals surface area contributed by atoms with Crippen molar-refractivity contribution in [1.82, 2.24) is 10.2 Å². The van der Waals surface area contributed by atoms with Gasteiger partial charge in [-0.1, -0.05) is 54.1 Å². The highest BCUT2D eigenvalue weighted by atomic mass is 35.5. The standard InChI is InChI=1S/C16H14ClN3/c1-11-13-7-3-4-8-14(13)16(20-19-11)18-10-12-6-2-5-9-15(12)17/h2-9H,10H2,1H3,(H,18,20). The van der Waals surface area contributed by atoms with Crippen LogP contribution in [0.2, 0.25) is 5.02 Å². The summed E-state index contributed by atoms with van der Waals surface area (Å²) in [6, 6.07) is 15.9. The van der Waals surface area contributed by atoms with Gasteiger partial charge in [-0.3, -0.25) is 0 Å². The van der Waals surface area contributed by atoms with E-state index < -0.39 is 0 Å². The van der Waals surface area contributed by atoms with Gasteiger partial charge in [0.15, 0.2) is 5.82 Å². The van der Waals surface area contributed by atoms with Gasteiger partial charge in [-0.2, -0.15) is 5.10 Å². The third-order valence-corrected chi connectivity index (χ3v) is 3.64. The second kappa shape index (κ2) is 5.47. The van der Waals surface area contributed by atoms with Crippen LogP contribution in [0.4, 0.5) is 5.82 Å². The number of benzene rings is 2. The fourth-order valence-corrected chi connectivity index (χ4v) is 2.39. The summed E-state index contributed by atoms with van der Waals surface area (Å²) >= 11 is 6.16. The molecule has 0 spiro atoms. The van der Waals surface area contributed by atoms with Crippen molar-refractivity contribution >= 4 is 28.2 Å². The summed E-state index contributed by atoms with van der Waals surface area (Å²) in [6.07, 6.45) is 0. The predicted octanol–water partition coefficient (Wildman–Crippen LogP) is 4.20.